The fourth-order valence-electron chi connectivity index (χ4n) is 4.42. The van der Waals surface area contributed by atoms with Crippen molar-refractivity contribution in [3.8, 4) is 0 Å². The molecule has 2 aliphatic heterocycles. The van der Waals surface area contributed by atoms with E-state index in [4.69, 9.17) is 4.74 Å². The second-order valence-corrected chi connectivity index (χ2v) is 8.36. The van der Waals surface area contributed by atoms with Crippen LogP contribution in [0.2, 0.25) is 0 Å². The van der Waals surface area contributed by atoms with E-state index in [1.807, 2.05) is 6.07 Å². The molecular weight excluding hydrogens is 425 g/mol. The lowest BCUT2D eigenvalue weighted by Crippen LogP contribution is -2.56. The highest BCUT2D eigenvalue weighted by Gasteiger charge is 2.37. The summed E-state index contributed by atoms with van der Waals surface area (Å²) < 4.78 is 19.4. The Bertz CT molecular complexity index is 986. The molecule has 4 rings (SSSR count). The Hall–Kier alpha value is -3.26. The lowest BCUT2D eigenvalue weighted by molar-refractivity contribution is -0.139. The predicted octanol–water partition coefficient (Wildman–Crippen LogP) is 2.34. The quantitative estimate of drug-likeness (QED) is 0.754. The number of ether oxygens (including phenoxy) is 1. The molecule has 2 aliphatic rings. The molecule has 1 atom stereocenters. The number of carbonyl (C=O) groups excluding carboxylic acids is 3. The molecule has 3 amide bonds. The number of likely N-dealkylation sites (tertiary alicyclic amines) is 1. The number of nitrogens with zero attached hydrogens (tertiary/aromatic N) is 2. The highest BCUT2D eigenvalue weighted by molar-refractivity contribution is 5.97. The van der Waals surface area contributed by atoms with Crippen molar-refractivity contribution < 1.29 is 23.5 Å². The Morgan fingerprint density at radius 2 is 1.52 bits per heavy atom. The number of hydrogen-bond acceptors (Lipinski definition) is 4. The van der Waals surface area contributed by atoms with Gasteiger partial charge in [0.2, 0.25) is 5.91 Å². The Balaban J connectivity index is 1.46. The van der Waals surface area contributed by atoms with Gasteiger partial charge in [-0.3, -0.25) is 14.4 Å². The van der Waals surface area contributed by atoms with Gasteiger partial charge in [0, 0.05) is 31.7 Å². The number of piperidine rings is 1. The molecule has 0 unspecified atom stereocenters. The Morgan fingerprint density at radius 1 is 0.879 bits per heavy atom. The third-order valence-electron chi connectivity index (χ3n) is 6.31. The van der Waals surface area contributed by atoms with Crippen LogP contribution >= 0.6 is 0 Å². The molecule has 0 saturated carbocycles. The van der Waals surface area contributed by atoms with Gasteiger partial charge in [-0.2, -0.15) is 0 Å². The molecule has 2 heterocycles. The standard InChI is InChI=1S/C25H28FN3O4/c26-21-9-5-4-8-20(21)24(31)28-12-10-18(11-13-28)22(25(32)29-14-16-33-17-15-29)27-23(30)19-6-2-1-3-7-19/h1-9,18,22H,10-17H2,(H,27,30)/t22-/m1/s1. The van der Waals surface area contributed by atoms with Gasteiger partial charge in [0.15, 0.2) is 0 Å². The first-order valence-corrected chi connectivity index (χ1v) is 11.3. The Morgan fingerprint density at radius 3 is 2.18 bits per heavy atom. The average Bonchev–Trinajstić information content (AvgIpc) is 2.88. The summed E-state index contributed by atoms with van der Waals surface area (Å²) >= 11 is 0. The third kappa shape index (κ3) is 5.39. The molecule has 7 nitrogen and oxygen atoms in total. The van der Waals surface area contributed by atoms with Crippen molar-refractivity contribution >= 4 is 17.7 Å². The van der Waals surface area contributed by atoms with Crippen LogP contribution in [0.3, 0.4) is 0 Å². The van der Waals surface area contributed by atoms with Gasteiger partial charge in [0.1, 0.15) is 11.9 Å². The molecule has 2 fully saturated rings. The summed E-state index contributed by atoms with van der Waals surface area (Å²) in [6, 6.07) is 14.1. The molecule has 2 saturated heterocycles. The molecule has 0 aromatic heterocycles. The SMILES string of the molecule is O=C(N[C@@H](C(=O)N1CCOCC1)C1CCN(C(=O)c2ccccc2F)CC1)c1ccccc1. The van der Waals surface area contributed by atoms with Crippen molar-refractivity contribution in [1.29, 1.82) is 0 Å². The number of amides is 3. The van der Waals surface area contributed by atoms with Crippen molar-refractivity contribution in [2.24, 2.45) is 5.92 Å². The molecule has 0 bridgehead atoms. The van der Waals surface area contributed by atoms with E-state index in [9.17, 15) is 18.8 Å². The summed E-state index contributed by atoms with van der Waals surface area (Å²) in [7, 11) is 0. The highest BCUT2D eigenvalue weighted by atomic mass is 19.1. The first kappa shape index (κ1) is 22.9. The second-order valence-electron chi connectivity index (χ2n) is 8.36. The lowest BCUT2D eigenvalue weighted by atomic mass is 9.87. The van der Waals surface area contributed by atoms with Crippen molar-refractivity contribution in [2.75, 3.05) is 39.4 Å². The maximum Gasteiger partial charge on any atom is 0.256 e. The first-order valence-electron chi connectivity index (χ1n) is 11.3. The van der Waals surface area contributed by atoms with Crippen LogP contribution in [0.1, 0.15) is 33.6 Å². The van der Waals surface area contributed by atoms with E-state index in [1.165, 1.54) is 12.1 Å². The predicted molar refractivity (Wildman–Crippen MR) is 120 cm³/mol. The summed E-state index contributed by atoms with van der Waals surface area (Å²) in [6.45, 7) is 2.71. The minimum absolute atomic E-state index is 0.0503. The second kappa shape index (κ2) is 10.6. The van der Waals surface area contributed by atoms with Gasteiger partial charge in [-0.1, -0.05) is 30.3 Å². The van der Waals surface area contributed by atoms with Crippen molar-refractivity contribution in [1.82, 2.24) is 15.1 Å². The Labute approximate surface area is 192 Å². The summed E-state index contributed by atoms with van der Waals surface area (Å²) in [5.41, 5.74) is 0.540. The van der Waals surface area contributed by atoms with Crippen LogP contribution in [0, 0.1) is 11.7 Å². The third-order valence-corrected chi connectivity index (χ3v) is 6.31. The van der Waals surface area contributed by atoms with E-state index in [-0.39, 0.29) is 29.2 Å². The van der Waals surface area contributed by atoms with Crippen LogP contribution in [-0.2, 0) is 9.53 Å². The van der Waals surface area contributed by atoms with E-state index in [0.29, 0.717) is 57.8 Å². The zero-order valence-electron chi connectivity index (χ0n) is 18.4. The number of benzene rings is 2. The zero-order valence-corrected chi connectivity index (χ0v) is 18.4. The number of morpholine rings is 1. The maximum absolute atomic E-state index is 14.1. The van der Waals surface area contributed by atoms with Crippen LogP contribution in [0.15, 0.2) is 54.6 Å². The molecule has 1 N–H and O–H groups in total. The minimum Gasteiger partial charge on any atom is -0.378 e. The largest absolute Gasteiger partial charge is 0.378 e. The summed E-state index contributed by atoms with van der Waals surface area (Å²) in [5.74, 6) is -1.44. The lowest BCUT2D eigenvalue weighted by Gasteiger charge is -2.38. The smallest absolute Gasteiger partial charge is 0.256 e. The van der Waals surface area contributed by atoms with Gasteiger partial charge in [0.25, 0.3) is 11.8 Å². The average molecular weight is 454 g/mol. The summed E-state index contributed by atoms with van der Waals surface area (Å²) in [4.78, 5) is 42.4. The number of nitrogens with one attached hydrogen (secondary N) is 1. The number of rotatable bonds is 5. The van der Waals surface area contributed by atoms with Gasteiger partial charge in [-0.05, 0) is 43.0 Å². The molecule has 8 heteroatoms. The van der Waals surface area contributed by atoms with Gasteiger partial charge < -0.3 is 19.9 Å². The topological polar surface area (TPSA) is 79.0 Å². The van der Waals surface area contributed by atoms with Crippen molar-refractivity contribution in [3.05, 3.63) is 71.5 Å². The molecule has 2 aromatic carbocycles. The van der Waals surface area contributed by atoms with Gasteiger partial charge >= 0.3 is 0 Å². The summed E-state index contributed by atoms with van der Waals surface area (Å²) in [6.07, 6.45) is 1.08. The molecule has 174 valence electrons. The minimum atomic E-state index is -0.693. The molecule has 0 radical (unpaired) electrons. The zero-order chi connectivity index (χ0) is 23.2. The van der Waals surface area contributed by atoms with Crippen LogP contribution < -0.4 is 5.32 Å². The number of hydrogen-bond donors (Lipinski definition) is 1. The van der Waals surface area contributed by atoms with E-state index >= 15 is 0 Å². The first-order chi connectivity index (χ1) is 16.0. The molecular formula is C25H28FN3O4. The van der Waals surface area contributed by atoms with E-state index in [1.54, 1.807) is 46.2 Å². The normalized spacial score (nSPS) is 18.0. The van der Waals surface area contributed by atoms with Gasteiger partial charge in [0.05, 0.1) is 18.8 Å². The van der Waals surface area contributed by atoms with Crippen LogP contribution in [0.4, 0.5) is 4.39 Å². The van der Waals surface area contributed by atoms with Gasteiger partial charge in [-0.15, -0.1) is 0 Å². The van der Waals surface area contributed by atoms with E-state index in [2.05, 4.69) is 5.32 Å². The molecule has 0 aliphatic carbocycles. The fraction of sp³-hybridized carbons (Fsp3) is 0.400. The van der Waals surface area contributed by atoms with Gasteiger partial charge in [-0.25, -0.2) is 4.39 Å². The van der Waals surface area contributed by atoms with Crippen LogP contribution in [0.25, 0.3) is 0 Å². The monoisotopic (exact) mass is 453 g/mol. The highest BCUT2D eigenvalue weighted by Crippen LogP contribution is 2.25. The Kier molecular flexibility index (Phi) is 7.34. The van der Waals surface area contributed by atoms with Crippen molar-refractivity contribution in [3.63, 3.8) is 0 Å². The van der Waals surface area contributed by atoms with Crippen LogP contribution in [0.5, 0.6) is 0 Å². The molecule has 0 spiro atoms. The fourth-order valence-corrected chi connectivity index (χ4v) is 4.42. The number of carbonyl (C=O) groups is 3. The summed E-state index contributed by atoms with van der Waals surface area (Å²) in [5, 5.41) is 2.95. The van der Waals surface area contributed by atoms with Crippen LogP contribution in [-0.4, -0.2) is 73.0 Å². The molecule has 2 aromatic rings. The number of halogens is 1. The molecule has 33 heavy (non-hydrogen) atoms. The van der Waals surface area contributed by atoms with E-state index < -0.39 is 11.9 Å². The van der Waals surface area contributed by atoms with E-state index in [0.717, 1.165) is 0 Å². The maximum atomic E-state index is 14.1. The van der Waals surface area contributed by atoms with Crippen molar-refractivity contribution in [2.45, 2.75) is 18.9 Å².